The van der Waals surface area contributed by atoms with Gasteiger partial charge in [0.1, 0.15) is 0 Å². The van der Waals surface area contributed by atoms with Gasteiger partial charge in [-0.05, 0) is 36.4 Å². The van der Waals surface area contributed by atoms with Gasteiger partial charge in [-0.1, -0.05) is 6.07 Å². The standard InChI is InChI=1S/C16H11N5/c1-2-12-10-13(3-4-14(12)18-7-1)16-19-15(20-21-16)11-5-8-17-9-6-11/h1-10H,(H,19,20,21). The minimum absolute atomic E-state index is 0.674. The minimum Gasteiger partial charge on any atom is -0.265 e. The first kappa shape index (κ1) is 11.7. The third kappa shape index (κ3) is 2.14. The quantitative estimate of drug-likeness (QED) is 0.609. The summed E-state index contributed by atoms with van der Waals surface area (Å²) in [5.41, 5.74) is 2.89. The normalized spacial score (nSPS) is 10.9. The molecule has 21 heavy (non-hydrogen) atoms. The van der Waals surface area contributed by atoms with Crippen LogP contribution in [0.2, 0.25) is 0 Å². The van der Waals surface area contributed by atoms with E-state index in [9.17, 15) is 0 Å². The number of hydrogen-bond acceptors (Lipinski definition) is 4. The number of H-pyrrole nitrogens is 1. The van der Waals surface area contributed by atoms with Crippen LogP contribution in [0.15, 0.2) is 61.1 Å². The number of pyridine rings is 2. The van der Waals surface area contributed by atoms with E-state index in [0.717, 1.165) is 27.9 Å². The first-order chi connectivity index (χ1) is 10.4. The smallest absolute Gasteiger partial charge is 0.181 e. The molecule has 0 saturated heterocycles. The van der Waals surface area contributed by atoms with E-state index in [-0.39, 0.29) is 0 Å². The molecule has 0 atom stereocenters. The molecule has 5 nitrogen and oxygen atoms in total. The molecule has 4 aromatic rings. The third-order valence-corrected chi connectivity index (χ3v) is 3.30. The monoisotopic (exact) mass is 273 g/mol. The van der Waals surface area contributed by atoms with Gasteiger partial charge in [0.25, 0.3) is 0 Å². The van der Waals surface area contributed by atoms with Gasteiger partial charge in [-0.2, -0.15) is 5.10 Å². The zero-order chi connectivity index (χ0) is 14.1. The summed E-state index contributed by atoms with van der Waals surface area (Å²) in [6.07, 6.45) is 5.26. The SMILES string of the molecule is c1cnc2ccc(-c3n[nH]c(-c4ccncc4)n3)cc2c1. The van der Waals surface area contributed by atoms with E-state index in [1.807, 2.05) is 42.5 Å². The second kappa shape index (κ2) is 4.79. The zero-order valence-corrected chi connectivity index (χ0v) is 11.1. The van der Waals surface area contributed by atoms with Crippen LogP contribution in [0, 0.1) is 0 Å². The van der Waals surface area contributed by atoms with E-state index < -0.39 is 0 Å². The highest BCUT2D eigenvalue weighted by molar-refractivity contribution is 5.83. The molecule has 0 radical (unpaired) electrons. The lowest BCUT2D eigenvalue weighted by Crippen LogP contribution is -1.83. The Hall–Kier alpha value is -3.08. The van der Waals surface area contributed by atoms with E-state index in [0.29, 0.717) is 5.82 Å². The Morgan fingerprint density at radius 3 is 2.67 bits per heavy atom. The second-order valence-electron chi connectivity index (χ2n) is 4.65. The number of benzene rings is 1. The highest BCUT2D eigenvalue weighted by Gasteiger charge is 2.08. The summed E-state index contributed by atoms with van der Waals surface area (Å²) in [5.74, 6) is 1.41. The summed E-state index contributed by atoms with van der Waals surface area (Å²) in [5, 5.41) is 8.33. The van der Waals surface area contributed by atoms with E-state index in [4.69, 9.17) is 0 Å². The van der Waals surface area contributed by atoms with E-state index in [1.54, 1.807) is 18.6 Å². The van der Waals surface area contributed by atoms with Gasteiger partial charge < -0.3 is 0 Å². The van der Waals surface area contributed by atoms with E-state index in [1.165, 1.54) is 0 Å². The number of aromatic nitrogens is 5. The number of nitrogens with one attached hydrogen (secondary N) is 1. The Morgan fingerprint density at radius 2 is 1.76 bits per heavy atom. The van der Waals surface area contributed by atoms with Crippen molar-refractivity contribution in [1.29, 1.82) is 0 Å². The number of nitrogens with zero attached hydrogens (tertiary/aromatic N) is 4. The molecule has 1 aromatic carbocycles. The maximum atomic E-state index is 4.54. The van der Waals surface area contributed by atoms with Crippen LogP contribution in [0.3, 0.4) is 0 Å². The molecule has 0 aliphatic heterocycles. The number of hydrogen-bond donors (Lipinski definition) is 1. The molecule has 0 aliphatic carbocycles. The van der Waals surface area contributed by atoms with Gasteiger partial charge in [0.05, 0.1) is 5.52 Å². The first-order valence-electron chi connectivity index (χ1n) is 6.58. The summed E-state index contributed by atoms with van der Waals surface area (Å²) in [7, 11) is 0. The molecule has 0 unspecified atom stereocenters. The molecule has 0 bridgehead atoms. The van der Waals surface area contributed by atoms with Crippen molar-refractivity contribution in [1.82, 2.24) is 25.1 Å². The van der Waals surface area contributed by atoms with Crippen molar-refractivity contribution in [2.75, 3.05) is 0 Å². The molecule has 1 N–H and O–H groups in total. The van der Waals surface area contributed by atoms with Gasteiger partial charge in [-0.25, -0.2) is 4.98 Å². The fourth-order valence-electron chi connectivity index (χ4n) is 2.24. The molecule has 3 aromatic heterocycles. The van der Waals surface area contributed by atoms with Crippen LogP contribution >= 0.6 is 0 Å². The van der Waals surface area contributed by atoms with Gasteiger partial charge >= 0.3 is 0 Å². The van der Waals surface area contributed by atoms with Crippen molar-refractivity contribution >= 4 is 10.9 Å². The Morgan fingerprint density at radius 1 is 0.857 bits per heavy atom. The molecule has 4 rings (SSSR count). The summed E-state index contributed by atoms with van der Waals surface area (Å²) in [4.78, 5) is 12.9. The van der Waals surface area contributed by atoms with Crippen LogP contribution in [-0.4, -0.2) is 25.1 Å². The Bertz CT molecular complexity index is 899. The average Bonchev–Trinajstić information content (AvgIpc) is 3.05. The molecule has 0 aliphatic rings. The predicted molar refractivity (Wildman–Crippen MR) is 80.4 cm³/mol. The fourth-order valence-corrected chi connectivity index (χ4v) is 2.24. The van der Waals surface area contributed by atoms with Crippen LogP contribution in [-0.2, 0) is 0 Å². The summed E-state index contributed by atoms with van der Waals surface area (Å²) in [6.45, 7) is 0. The number of aromatic amines is 1. The van der Waals surface area contributed by atoms with Crippen molar-refractivity contribution in [3.63, 3.8) is 0 Å². The minimum atomic E-state index is 0.674. The van der Waals surface area contributed by atoms with Crippen LogP contribution in [0.4, 0.5) is 0 Å². The molecule has 0 fully saturated rings. The van der Waals surface area contributed by atoms with Crippen LogP contribution < -0.4 is 0 Å². The highest BCUT2D eigenvalue weighted by atomic mass is 15.2. The van der Waals surface area contributed by atoms with Gasteiger partial charge in [0, 0.05) is 35.1 Å². The van der Waals surface area contributed by atoms with Crippen LogP contribution in [0.5, 0.6) is 0 Å². The van der Waals surface area contributed by atoms with Gasteiger partial charge in [0.15, 0.2) is 11.6 Å². The van der Waals surface area contributed by atoms with Crippen molar-refractivity contribution in [3.8, 4) is 22.8 Å². The molecular weight excluding hydrogens is 262 g/mol. The third-order valence-electron chi connectivity index (χ3n) is 3.30. The average molecular weight is 273 g/mol. The summed E-state index contributed by atoms with van der Waals surface area (Å²) >= 11 is 0. The highest BCUT2D eigenvalue weighted by Crippen LogP contribution is 2.22. The van der Waals surface area contributed by atoms with Crippen molar-refractivity contribution in [2.24, 2.45) is 0 Å². The molecular formula is C16H11N5. The van der Waals surface area contributed by atoms with Crippen LogP contribution in [0.25, 0.3) is 33.7 Å². The Balaban J connectivity index is 1.77. The molecule has 100 valence electrons. The molecule has 0 spiro atoms. The fraction of sp³-hybridized carbons (Fsp3) is 0. The second-order valence-corrected chi connectivity index (χ2v) is 4.65. The van der Waals surface area contributed by atoms with Gasteiger partial charge in [0.2, 0.25) is 0 Å². The topological polar surface area (TPSA) is 67.3 Å². The van der Waals surface area contributed by atoms with Crippen molar-refractivity contribution in [3.05, 3.63) is 61.1 Å². The Kier molecular flexibility index (Phi) is 2.67. The summed E-state index contributed by atoms with van der Waals surface area (Å²) in [6, 6.07) is 13.8. The lowest BCUT2D eigenvalue weighted by molar-refractivity contribution is 1.10. The maximum Gasteiger partial charge on any atom is 0.181 e. The molecule has 0 saturated carbocycles. The number of rotatable bonds is 2. The molecule has 0 amide bonds. The number of fused-ring (bicyclic) bond motifs is 1. The van der Waals surface area contributed by atoms with Crippen molar-refractivity contribution in [2.45, 2.75) is 0 Å². The molecule has 5 heteroatoms. The Labute approximate surface area is 120 Å². The van der Waals surface area contributed by atoms with E-state index >= 15 is 0 Å². The van der Waals surface area contributed by atoms with Crippen molar-refractivity contribution < 1.29 is 0 Å². The van der Waals surface area contributed by atoms with E-state index in [2.05, 4.69) is 25.1 Å². The largest absolute Gasteiger partial charge is 0.265 e. The first-order valence-corrected chi connectivity index (χ1v) is 6.58. The maximum absolute atomic E-state index is 4.54. The lowest BCUT2D eigenvalue weighted by atomic mass is 10.1. The van der Waals surface area contributed by atoms with Gasteiger partial charge in [-0.15, -0.1) is 0 Å². The molecule has 3 heterocycles. The van der Waals surface area contributed by atoms with Gasteiger partial charge in [-0.3, -0.25) is 15.1 Å². The van der Waals surface area contributed by atoms with Crippen LogP contribution in [0.1, 0.15) is 0 Å². The zero-order valence-electron chi connectivity index (χ0n) is 11.1. The lowest BCUT2D eigenvalue weighted by Gasteiger charge is -1.99. The predicted octanol–water partition coefficient (Wildman–Crippen LogP) is 3.08. The summed E-state index contributed by atoms with van der Waals surface area (Å²) < 4.78 is 0.